The van der Waals surface area contributed by atoms with Gasteiger partial charge in [0.25, 0.3) is 0 Å². The molecule has 0 radical (unpaired) electrons. The van der Waals surface area contributed by atoms with Crippen molar-refractivity contribution in [1.29, 1.82) is 0 Å². The van der Waals surface area contributed by atoms with E-state index in [1.54, 1.807) is 25.1 Å². The lowest BCUT2D eigenvalue weighted by Gasteiger charge is -2.15. The van der Waals surface area contributed by atoms with E-state index in [0.29, 0.717) is 33.4 Å². The summed E-state index contributed by atoms with van der Waals surface area (Å²) in [5.74, 6) is 8.08. The van der Waals surface area contributed by atoms with Crippen LogP contribution < -0.4 is 20.6 Å². The molecule has 10 heteroatoms. The lowest BCUT2D eigenvalue weighted by Crippen LogP contribution is -2.24. The summed E-state index contributed by atoms with van der Waals surface area (Å²) in [7, 11) is 1.53. The number of carbonyl (C=O) groups is 1. The average molecular weight is 490 g/mol. The van der Waals surface area contributed by atoms with Crippen LogP contribution in [0.3, 0.4) is 0 Å². The third kappa shape index (κ3) is 6.11. The van der Waals surface area contributed by atoms with E-state index in [9.17, 15) is 4.79 Å². The summed E-state index contributed by atoms with van der Waals surface area (Å²) in [5.41, 5.74) is 2.79. The van der Waals surface area contributed by atoms with Gasteiger partial charge in [0.2, 0.25) is 11.1 Å². The Labute approximate surface area is 202 Å². The second-order valence-corrected chi connectivity index (χ2v) is 9.57. The smallest absolute Gasteiger partial charge is 0.237 e. The SMILES string of the molecule is COc1ccc(NC(=O)C(C)Sc2nnc(COc3cc(C)ccc3C(C)C)n2N)cc1Cl. The number of carbonyl (C=O) groups excluding carboxylic acids is 1. The number of thioether (sulfide) groups is 1. The monoisotopic (exact) mass is 489 g/mol. The van der Waals surface area contributed by atoms with Gasteiger partial charge in [-0.3, -0.25) is 4.79 Å². The summed E-state index contributed by atoms with van der Waals surface area (Å²) in [6, 6.07) is 11.2. The highest BCUT2D eigenvalue weighted by Crippen LogP contribution is 2.30. The van der Waals surface area contributed by atoms with E-state index in [1.165, 1.54) is 23.5 Å². The van der Waals surface area contributed by atoms with Gasteiger partial charge in [-0.05, 0) is 55.2 Å². The minimum Gasteiger partial charge on any atom is -0.495 e. The predicted molar refractivity (Wildman–Crippen MR) is 132 cm³/mol. The fourth-order valence-corrected chi connectivity index (χ4v) is 4.12. The number of nitrogens with one attached hydrogen (secondary N) is 1. The number of aryl methyl sites for hydroxylation is 1. The third-order valence-electron chi connectivity index (χ3n) is 4.95. The molecule has 3 aromatic rings. The highest BCUT2D eigenvalue weighted by atomic mass is 35.5. The van der Waals surface area contributed by atoms with E-state index in [2.05, 4.69) is 41.5 Å². The Morgan fingerprint density at radius 3 is 2.61 bits per heavy atom. The van der Waals surface area contributed by atoms with Crippen LogP contribution in [0.4, 0.5) is 5.69 Å². The molecule has 0 saturated heterocycles. The lowest BCUT2D eigenvalue weighted by molar-refractivity contribution is -0.115. The first-order chi connectivity index (χ1) is 15.7. The van der Waals surface area contributed by atoms with Crippen molar-refractivity contribution in [3.63, 3.8) is 0 Å². The lowest BCUT2D eigenvalue weighted by atomic mass is 10.0. The van der Waals surface area contributed by atoms with Crippen molar-refractivity contribution >= 4 is 35.0 Å². The van der Waals surface area contributed by atoms with Gasteiger partial charge in [-0.2, -0.15) is 0 Å². The highest BCUT2D eigenvalue weighted by molar-refractivity contribution is 8.00. The minimum atomic E-state index is -0.476. The first-order valence-electron chi connectivity index (χ1n) is 10.4. The molecule has 0 aliphatic rings. The number of aromatic nitrogens is 3. The highest BCUT2D eigenvalue weighted by Gasteiger charge is 2.20. The number of methoxy groups -OCH3 is 1. The molecule has 0 spiro atoms. The summed E-state index contributed by atoms with van der Waals surface area (Å²) >= 11 is 7.33. The molecule has 2 aromatic carbocycles. The molecule has 1 atom stereocenters. The van der Waals surface area contributed by atoms with Gasteiger partial charge in [-0.15, -0.1) is 10.2 Å². The Kier molecular flexibility index (Phi) is 8.10. The maximum atomic E-state index is 12.6. The van der Waals surface area contributed by atoms with Crippen molar-refractivity contribution in [2.45, 2.75) is 50.6 Å². The van der Waals surface area contributed by atoms with Crippen LogP contribution in [0.2, 0.25) is 5.02 Å². The molecule has 33 heavy (non-hydrogen) atoms. The van der Waals surface area contributed by atoms with Crippen molar-refractivity contribution < 1.29 is 14.3 Å². The van der Waals surface area contributed by atoms with Crippen LogP contribution in [-0.2, 0) is 11.4 Å². The number of nitrogens with zero attached hydrogens (tertiary/aromatic N) is 3. The molecule has 3 N–H and O–H groups in total. The van der Waals surface area contributed by atoms with Gasteiger partial charge in [0.1, 0.15) is 18.1 Å². The van der Waals surface area contributed by atoms with E-state index in [-0.39, 0.29) is 12.5 Å². The standard InChI is InChI=1S/C23H28ClN5O3S/c1-13(2)17-8-6-14(3)10-20(17)32-12-21-27-28-23(29(21)25)33-15(4)22(30)26-16-7-9-19(31-5)18(24)11-16/h6-11,13,15H,12,25H2,1-5H3,(H,26,30). The Bertz CT molecular complexity index is 1140. The van der Waals surface area contributed by atoms with Gasteiger partial charge in [-0.1, -0.05) is 49.3 Å². The van der Waals surface area contributed by atoms with Gasteiger partial charge in [0.05, 0.1) is 17.4 Å². The van der Waals surface area contributed by atoms with Crippen LogP contribution in [0.5, 0.6) is 11.5 Å². The molecule has 0 aliphatic carbocycles. The largest absolute Gasteiger partial charge is 0.495 e. The first-order valence-corrected chi connectivity index (χ1v) is 11.7. The molecule has 1 aromatic heterocycles. The van der Waals surface area contributed by atoms with Gasteiger partial charge < -0.3 is 20.6 Å². The molecule has 1 unspecified atom stereocenters. The van der Waals surface area contributed by atoms with Crippen molar-refractivity contribution in [2.24, 2.45) is 0 Å². The summed E-state index contributed by atoms with van der Waals surface area (Å²) in [4.78, 5) is 12.6. The number of rotatable bonds is 9. The second kappa shape index (κ2) is 10.8. The van der Waals surface area contributed by atoms with Gasteiger partial charge >= 0.3 is 0 Å². The molecule has 176 valence electrons. The number of hydrogen-bond acceptors (Lipinski definition) is 7. The minimum absolute atomic E-state index is 0.165. The number of benzene rings is 2. The van der Waals surface area contributed by atoms with Crippen LogP contribution in [0.25, 0.3) is 0 Å². The summed E-state index contributed by atoms with van der Waals surface area (Å²) in [6.07, 6.45) is 0. The Balaban J connectivity index is 1.63. The van der Waals surface area contributed by atoms with Crippen molar-refractivity contribution in [3.05, 3.63) is 58.4 Å². The van der Waals surface area contributed by atoms with E-state index in [0.717, 1.165) is 16.9 Å². The first kappa shape index (κ1) is 24.7. The van der Waals surface area contributed by atoms with Crippen LogP contribution >= 0.6 is 23.4 Å². The maximum absolute atomic E-state index is 12.6. The molecule has 0 bridgehead atoms. The summed E-state index contributed by atoms with van der Waals surface area (Å²) < 4.78 is 12.5. The molecule has 0 aliphatic heterocycles. The number of ether oxygens (including phenoxy) is 2. The molecule has 1 heterocycles. The van der Waals surface area contributed by atoms with Gasteiger partial charge in [-0.25, -0.2) is 4.68 Å². The zero-order chi connectivity index (χ0) is 24.1. The van der Waals surface area contributed by atoms with Gasteiger partial charge in [0, 0.05) is 5.69 Å². The average Bonchev–Trinajstić information content (AvgIpc) is 3.11. The van der Waals surface area contributed by atoms with Crippen LogP contribution in [0, 0.1) is 6.92 Å². The molecular weight excluding hydrogens is 462 g/mol. The maximum Gasteiger partial charge on any atom is 0.237 e. The van der Waals surface area contributed by atoms with Crippen molar-refractivity contribution in [3.8, 4) is 11.5 Å². The predicted octanol–water partition coefficient (Wildman–Crippen LogP) is 4.78. The number of halogens is 1. The second-order valence-electron chi connectivity index (χ2n) is 7.85. The number of nitrogen functional groups attached to an aromatic ring is 1. The van der Waals surface area contributed by atoms with Crippen LogP contribution in [0.1, 0.15) is 43.6 Å². The molecule has 8 nitrogen and oxygen atoms in total. The quantitative estimate of drug-likeness (QED) is 0.329. The fraction of sp³-hybridized carbons (Fsp3) is 0.348. The number of nitrogens with two attached hydrogens (primary N) is 1. The third-order valence-corrected chi connectivity index (χ3v) is 6.31. The zero-order valence-corrected chi connectivity index (χ0v) is 20.8. The van der Waals surface area contributed by atoms with Crippen molar-refractivity contribution in [2.75, 3.05) is 18.3 Å². The van der Waals surface area contributed by atoms with E-state index in [4.69, 9.17) is 26.9 Å². The number of hydrogen-bond donors (Lipinski definition) is 2. The molecule has 0 fully saturated rings. The Hall–Kier alpha value is -2.91. The van der Waals surface area contributed by atoms with Crippen LogP contribution in [0.15, 0.2) is 41.6 Å². The Morgan fingerprint density at radius 2 is 1.94 bits per heavy atom. The van der Waals surface area contributed by atoms with Crippen molar-refractivity contribution in [1.82, 2.24) is 14.9 Å². The zero-order valence-electron chi connectivity index (χ0n) is 19.3. The van der Waals surface area contributed by atoms with Gasteiger partial charge in [0.15, 0.2) is 5.82 Å². The molecule has 1 amide bonds. The van der Waals surface area contributed by atoms with Crippen LogP contribution in [-0.4, -0.2) is 33.1 Å². The number of amides is 1. The summed E-state index contributed by atoms with van der Waals surface area (Å²) in [5, 5.41) is 11.4. The summed E-state index contributed by atoms with van der Waals surface area (Å²) in [6.45, 7) is 8.17. The van der Waals surface area contributed by atoms with E-state index in [1.807, 2.05) is 13.0 Å². The molecule has 3 rings (SSSR count). The molecule has 0 saturated carbocycles. The number of anilines is 1. The normalized spacial score (nSPS) is 12.0. The Morgan fingerprint density at radius 1 is 1.18 bits per heavy atom. The topological polar surface area (TPSA) is 104 Å². The molecular formula is C23H28ClN5O3S. The van der Waals surface area contributed by atoms with E-state index < -0.39 is 5.25 Å². The van der Waals surface area contributed by atoms with E-state index >= 15 is 0 Å². The fourth-order valence-electron chi connectivity index (χ4n) is 3.07.